The normalized spacial score (nSPS) is 16.2. The van der Waals surface area contributed by atoms with E-state index in [0.29, 0.717) is 0 Å². The lowest BCUT2D eigenvalue weighted by Gasteiger charge is -2.01. The molecule has 1 heteroatoms. The van der Waals surface area contributed by atoms with Crippen LogP contribution >= 0.6 is 0 Å². The van der Waals surface area contributed by atoms with Crippen molar-refractivity contribution in [2.75, 3.05) is 20.1 Å². The Morgan fingerprint density at radius 1 is 1.00 bits per heavy atom. The number of aryl methyl sites for hydroxylation is 2. The van der Waals surface area contributed by atoms with Crippen molar-refractivity contribution in [2.24, 2.45) is 0 Å². The Morgan fingerprint density at radius 2 is 1.50 bits per heavy atom. The van der Waals surface area contributed by atoms with E-state index in [1.165, 1.54) is 37.1 Å². The average molecular weight is 191 g/mol. The van der Waals surface area contributed by atoms with Gasteiger partial charge in [-0.2, -0.15) is 0 Å². The molecular formula is C13H21N. The second kappa shape index (κ2) is 5.82. The van der Waals surface area contributed by atoms with Crippen LogP contribution in [0.1, 0.15) is 24.0 Å². The Bertz CT molecular complexity index is 244. The van der Waals surface area contributed by atoms with Gasteiger partial charge >= 0.3 is 0 Å². The van der Waals surface area contributed by atoms with Gasteiger partial charge in [-0.3, -0.25) is 0 Å². The predicted molar refractivity (Wildman–Crippen MR) is 62.6 cm³/mol. The molecular weight excluding hydrogens is 170 g/mol. The van der Waals surface area contributed by atoms with Gasteiger partial charge in [-0.15, -0.1) is 0 Å². The zero-order valence-corrected chi connectivity index (χ0v) is 9.59. The predicted octanol–water partition coefficient (Wildman–Crippen LogP) is 3.02. The van der Waals surface area contributed by atoms with Crippen molar-refractivity contribution in [3.63, 3.8) is 0 Å². The van der Waals surface area contributed by atoms with E-state index in [1.807, 2.05) is 0 Å². The monoisotopic (exact) mass is 191 g/mol. The highest BCUT2D eigenvalue weighted by Crippen LogP contribution is 2.02. The summed E-state index contributed by atoms with van der Waals surface area (Å²) in [5, 5.41) is 0. The summed E-state index contributed by atoms with van der Waals surface area (Å²) in [5.41, 5.74) is 2.68. The van der Waals surface area contributed by atoms with Gasteiger partial charge in [0.1, 0.15) is 0 Å². The topological polar surface area (TPSA) is 3.24 Å². The second-order valence-corrected chi connectivity index (χ2v) is 4.17. The van der Waals surface area contributed by atoms with E-state index in [9.17, 15) is 0 Å². The third-order valence-electron chi connectivity index (χ3n) is 2.50. The van der Waals surface area contributed by atoms with Gasteiger partial charge in [0.15, 0.2) is 0 Å². The zero-order chi connectivity index (χ0) is 10.4. The number of hydrogen-bond acceptors (Lipinski definition) is 1. The van der Waals surface area contributed by atoms with Crippen LogP contribution in [0.5, 0.6) is 0 Å². The third kappa shape index (κ3) is 4.43. The van der Waals surface area contributed by atoms with Gasteiger partial charge in [0.05, 0.1) is 0 Å². The number of nitrogens with zero attached hydrogens (tertiary/aromatic N) is 1. The SMILES string of the molecule is CN1CCCC1.Cc1cccc(C)c1. The molecule has 1 aliphatic rings. The molecule has 0 N–H and O–H groups in total. The van der Waals surface area contributed by atoms with Crippen LogP contribution in [0.15, 0.2) is 24.3 Å². The lowest BCUT2D eigenvalue weighted by Crippen LogP contribution is -2.10. The molecule has 78 valence electrons. The fourth-order valence-corrected chi connectivity index (χ4v) is 1.68. The standard InChI is InChI=1S/C8H10.C5H11N/c1-7-4-3-5-8(2)6-7;1-6-4-2-3-5-6/h3-6H,1-2H3;2-5H2,1H3. The van der Waals surface area contributed by atoms with Crippen LogP contribution in [0, 0.1) is 13.8 Å². The van der Waals surface area contributed by atoms with Gasteiger partial charge in [-0.05, 0) is 46.8 Å². The maximum atomic E-state index is 2.36. The van der Waals surface area contributed by atoms with E-state index in [1.54, 1.807) is 0 Å². The van der Waals surface area contributed by atoms with Crippen LogP contribution in [-0.4, -0.2) is 25.0 Å². The number of benzene rings is 1. The number of rotatable bonds is 0. The van der Waals surface area contributed by atoms with Gasteiger partial charge in [0, 0.05) is 0 Å². The Labute approximate surface area is 87.7 Å². The molecule has 0 spiro atoms. The minimum Gasteiger partial charge on any atom is -0.306 e. The van der Waals surface area contributed by atoms with E-state index in [4.69, 9.17) is 0 Å². The van der Waals surface area contributed by atoms with Gasteiger partial charge in [-0.1, -0.05) is 35.4 Å². The van der Waals surface area contributed by atoms with Crippen LogP contribution in [0.25, 0.3) is 0 Å². The summed E-state index contributed by atoms with van der Waals surface area (Å²) in [7, 11) is 2.17. The van der Waals surface area contributed by atoms with Gasteiger partial charge in [-0.25, -0.2) is 0 Å². The van der Waals surface area contributed by atoms with Gasteiger partial charge in [0.2, 0.25) is 0 Å². The van der Waals surface area contributed by atoms with Crippen molar-refractivity contribution in [3.8, 4) is 0 Å². The Morgan fingerprint density at radius 3 is 1.71 bits per heavy atom. The molecule has 1 nitrogen and oxygen atoms in total. The maximum Gasteiger partial charge on any atom is -0.00213 e. The fourth-order valence-electron chi connectivity index (χ4n) is 1.68. The molecule has 1 aliphatic heterocycles. The summed E-state index contributed by atoms with van der Waals surface area (Å²) in [6, 6.07) is 8.45. The summed E-state index contributed by atoms with van der Waals surface area (Å²) in [5.74, 6) is 0. The van der Waals surface area contributed by atoms with E-state index in [2.05, 4.69) is 50.1 Å². The van der Waals surface area contributed by atoms with Gasteiger partial charge < -0.3 is 4.90 Å². The first-order valence-electron chi connectivity index (χ1n) is 5.40. The summed E-state index contributed by atoms with van der Waals surface area (Å²) in [4.78, 5) is 2.36. The Balaban J connectivity index is 0.000000146. The molecule has 1 heterocycles. The minimum absolute atomic E-state index is 1.32. The first kappa shape index (κ1) is 11.3. The summed E-state index contributed by atoms with van der Waals surface area (Å²) in [6.07, 6.45) is 2.83. The summed E-state index contributed by atoms with van der Waals surface area (Å²) < 4.78 is 0. The minimum atomic E-state index is 1.32. The zero-order valence-electron chi connectivity index (χ0n) is 9.59. The van der Waals surface area contributed by atoms with Crippen molar-refractivity contribution in [3.05, 3.63) is 35.4 Å². The summed E-state index contributed by atoms with van der Waals surface area (Å²) in [6.45, 7) is 6.85. The molecule has 14 heavy (non-hydrogen) atoms. The molecule has 2 rings (SSSR count). The smallest absolute Gasteiger partial charge is 0.00213 e. The first-order chi connectivity index (χ1) is 6.68. The van der Waals surface area contributed by atoms with Crippen LogP contribution in [0.3, 0.4) is 0 Å². The first-order valence-corrected chi connectivity index (χ1v) is 5.40. The van der Waals surface area contributed by atoms with E-state index in [-0.39, 0.29) is 0 Å². The third-order valence-corrected chi connectivity index (χ3v) is 2.50. The lowest BCUT2D eigenvalue weighted by molar-refractivity contribution is 0.418. The fraction of sp³-hybridized carbons (Fsp3) is 0.538. The van der Waals surface area contributed by atoms with Crippen molar-refractivity contribution in [1.82, 2.24) is 4.90 Å². The van der Waals surface area contributed by atoms with E-state index in [0.717, 1.165) is 0 Å². The molecule has 0 saturated carbocycles. The highest BCUT2D eigenvalue weighted by Gasteiger charge is 2.03. The molecule has 1 saturated heterocycles. The Hall–Kier alpha value is -0.820. The molecule has 1 aromatic carbocycles. The molecule has 0 unspecified atom stereocenters. The van der Waals surface area contributed by atoms with Crippen LogP contribution < -0.4 is 0 Å². The summed E-state index contributed by atoms with van der Waals surface area (Å²) >= 11 is 0. The molecule has 1 aromatic rings. The lowest BCUT2D eigenvalue weighted by atomic mass is 10.2. The molecule has 0 bridgehead atoms. The van der Waals surface area contributed by atoms with Crippen molar-refractivity contribution < 1.29 is 0 Å². The van der Waals surface area contributed by atoms with Gasteiger partial charge in [0.25, 0.3) is 0 Å². The van der Waals surface area contributed by atoms with Crippen molar-refractivity contribution in [2.45, 2.75) is 26.7 Å². The number of hydrogen-bond donors (Lipinski definition) is 0. The largest absolute Gasteiger partial charge is 0.306 e. The quantitative estimate of drug-likeness (QED) is 0.609. The molecule has 0 radical (unpaired) electrons. The second-order valence-electron chi connectivity index (χ2n) is 4.17. The Kier molecular flexibility index (Phi) is 4.68. The molecule has 0 aliphatic carbocycles. The van der Waals surface area contributed by atoms with Crippen LogP contribution in [0.4, 0.5) is 0 Å². The molecule has 1 fully saturated rings. The van der Waals surface area contributed by atoms with E-state index >= 15 is 0 Å². The molecule has 0 atom stereocenters. The highest BCUT2D eigenvalue weighted by molar-refractivity contribution is 5.20. The number of likely N-dealkylation sites (tertiary alicyclic amines) is 1. The van der Waals surface area contributed by atoms with E-state index < -0.39 is 0 Å². The molecule has 0 amide bonds. The molecule has 0 aromatic heterocycles. The van der Waals surface area contributed by atoms with Crippen LogP contribution in [0.2, 0.25) is 0 Å². The van der Waals surface area contributed by atoms with Crippen molar-refractivity contribution >= 4 is 0 Å². The van der Waals surface area contributed by atoms with Crippen LogP contribution in [-0.2, 0) is 0 Å². The van der Waals surface area contributed by atoms with Crippen molar-refractivity contribution in [1.29, 1.82) is 0 Å². The average Bonchev–Trinajstić information content (AvgIpc) is 2.56. The maximum absolute atomic E-state index is 2.36. The highest BCUT2D eigenvalue weighted by atomic mass is 15.1.